The summed E-state index contributed by atoms with van der Waals surface area (Å²) in [7, 11) is 2.26. The lowest BCUT2D eigenvalue weighted by atomic mass is 9.71. The first kappa shape index (κ1) is 18.0. The van der Waals surface area contributed by atoms with E-state index in [0.29, 0.717) is 17.9 Å². The van der Waals surface area contributed by atoms with Crippen LogP contribution in [0.4, 0.5) is 5.69 Å². The molecular weight excluding hydrogens is 332 g/mol. The molecule has 4 heteroatoms. The molecule has 1 saturated heterocycles. The summed E-state index contributed by atoms with van der Waals surface area (Å²) in [5.41, 5.74) is 5.23. The second kappa shape index (κ2) is 7.19. The number of hydrogen-bond donors (Lipinski definition) is 1. The molecule has 2 aliphatic rings. The van der Waals surface area contributed by atoms with E-state index in [-0.39, 0.29) is 18.3 Å². The van der Waals surface area contributed by atoms with Gasteiger partial charge in [-0.3, -0.25) is 4.79 Å². The average molecular weight is 357 g/mol. The number of fused-ring (bicyclic) bond motifs is 3. The molecule has 1 aliphatic heterocycles. The van der Waals surface area contributed by atoms with Crippen molar-refractivity contribution < 1.29 is 4.79 Å². The van der Waals surface area contributed by atoms with Crippen LogP contribution in [0.3, 0.4) is 0 Å². The number of nitrogens with zero attached hydrogens (tertiary/aromatic N) is 1. The average Bonchev–Trinajstić information content (AvgIpc) is 2.96. The molecule has 0 spiro atoms. The number of benzene rings is 2. The van der Waals surface area contributed by atoms with E-state index in [2.05, 4.69) is 53.7 Å². The Labute approximate surface area is 155 Å². The highest BCUT2D eigenvalue weighted by molar-refractivity contribution is 5.88. The number of amides is 1. The summed E-state index contributed by atoms with van der Waals surface area (Å²) in [5, 5.41) is 2.85. The predicted molar refractivity (Wildman–Crippen MR) is 105 cm³/mol. The van der Waals surface area contributed by atoms with E-state index >= 15 is 0 Å². The van der Waals surface area contributed by atoms with Gasteiger partial charge in [0.1, 0.15) is 0 Å². The monoisotopic (exact) mass is 356 g/mol. The molecule has 0 radical (unpaired) electrons. The number of halogens is 1. The van der Waals surface area contributed by atoms with Crippen LogP contribution in [0.2, 0.25) is 0 Å². The molecule has 0 aromatic heterocycles. The van der Waals surface area contributed by atoms with E-state index in [1.807, 2.05) is 12.1 Å². The van der Waals surface area contributed by atoms with Gasteiger partial charge in [-0.15, -0.1) is 12.4 Å². The smallest absolute Gasteiger partial charge is 0.221 e. The number of rotatable bonds is 2. The van der Waals surface area contributed by atoms with Gasteiger partial charge in [-0.2, -0.15) is 0 Å². The summed E-state index contributed by atoms with van der Waals surface area (Å²) >= 11 is 0. The Hall–Kier alpha value is -1.84. The molecule has 1 heterocycles. The van der Waals surface area contributed by atoms with Gasteiger partial charge in [0.05, 0.1) is 0 Å². The summed E-state index contributed by atoms with van der Waals surface area (Å²) in [6.07, 6.45) is 2.45. The van der Waals surface area contributed by atoms with Crippen molar-refractivity contribution in [1.82, 2.24) is 4.90 Å². The third kappa shape index (κ3) is 3.31. The fourth-order valence-corrected chi connectivity index (χ4v) is 4.57. The van der Waals surface area contributed by atoms with E-state index in [1.165, 1.54) is 36.1 Å². The van der Waals surface area contributed by atoms with Crippen molar-refractivity contribution in [3.8, 4) is 0 Å². The van der Waals surface area contributed by atoms with Gasteiger partial charge in [0, 0.05) is 30.5 Å². The number of nitrogens with one attached hydrogen (secondary N) is 1. The molecule has 2 aromatic rings. The topological polar surface area (TPSA) is 32.3 Å². The van der Waals surface area contributed by atoms with Crippen molar-refractivity contribution in [2.75, 3.05) is 18.9 Å². The van der Waals surface area contributed by atoms with Crippen LogP contribution in [-0.2, 0) is 4.79 Å². The quantitative estimate of drug-likeness (QED) is 0.865. The summed E-state index contributed by atoms with van der Waals surface area (Å²) in [6, 6.07) is 18.0. The molecule has 0 saturated carbocycles. The Balaban J connectivity index is 0.00000182. The number of likely N-dealkylation sites (tertiary alicyclic amines) is 1. The van der Waals surface area contributed by atoms with Gasteiger partial charge in [-0.1, -0.05) is 36.4 Å². The maximum atomic E-state index is 11.2. The second-order valence-corrected chi connectivity index (χ2v) is 7.16. The second-order valence-electron chi connectivity index (χ2n) is 7.16. The molecule has 1 aliphatic carbocycles. The fourth-order valence-electron chi connectivity index (χ4n) is 4.57. The van der Waals surface area contributed by atoms with Crippen molar-refractivity contribution in [3.63, 3.8) is 0 Å². The molecule has 1 amide bonds. The van der Waals surface area contributed by atoms with Gasteiger partial charge in [-0.05, 0) is 55.3 Å². The Bertz CT molecular complexity index is 759. The van der Waals surface area contributed by atoms with Gasteiger partial charge in [0.25, 0.3) is 0 Å². The van der Waals surface area contributed by atoms with Gasteiger partial charge in [0.2, 0.25) is 5.91 Å². The van der Waals surface area contributed by atoms with E-state index in [0.717, 1.165) is 5.69 Å². The first-order valence-corrected chi connectivity index (χ1v) is 8.80. The summed E-state index contributed by atoms with van der Waals surface area (Å²) in [4.78, 5) is 13.7. The van der Waals surface area contributed by atoms with E-state index in [4.69, 9.17) is 0 Å². The van der Waals surface area contributed by atoms with Crippen LogP contribution < -0.4 is 5.32 Å². The zero-order chi connectivity index (χ0) is 16.7. The summed E-state index contributed by atoms with van der Waals surface area (Å²) in [5.74, 6) is 1.09. The standard InChI is InChI=1S/C21H24N2O.ClH/c1-14(24)22-16-9-7-15(8-10-16)20-13-21-19(11-12-23(21)2)17-5-3-4-6-18(17)20;/h3-10,19-21H,11-13H2,1-2H3,(H,22,24);1H/t19?,20?,21-;/m0./s1. The number of hydrogen-bond acceptors (Lipinski definition) is 2. The van der Waals surface area contributed by atoms with Crippen molar-refractivity contribution in [3.05, 3.63) is 65.2 Å². The molecular formula is C21H25ClN2O. The number of carbonyl (C=O) groups excluding carboxylic acids is 1. The minimum absolute atomic E-state index is 0. The van der Waals surface area contributed by atoms with Gasteiger partial charge < -0.3 is 10.2 Å². The van der Waals surface area contributed by atoms with Crippen LogP contribution in [0, 0.1) is 0 Å². The highest BCUT2D eigenvalue weighted by atomic mass is 35.5. The maximum Gasteiger partial charge on any atom is 0.221 e. The number of likely N-dealkylation sites (N-methyl/N-ethyl adjacent to an activating group) is 1. The van der Waals surface area contributed by atoms with Crippen molar-refractivity contribution in [2.24, 2.45) is 0 Å². The third-order valence-electron chi connectivity index (χ3n) is 5.70. The Morgan fingerprint density at radius 3 is 2.44 bits per heavy atom. The molecule has 0 bridgehead atoms. The minimum atomic E-state index is -0.0267. The zero-order valence-electron chi connectivity index (χ0n) is 14.7. The lowest BCUT2D eigenvalue weighted by Crippen LogP contribution is -2.34. The van der Waals surface area contributed by atoms with Crippen LogP contribution >= 0.6 is 12.4 Å². The maximum absolute atomic E-state index is 11.2. The molecule has 2 unspecified atom stereocenters. The van der Waals surface area contributed by atoms with E-state index in [1.54, 1.807) is 6.92 Å². The van der Waals surface area contributed by atoms with Crippen molar-refractivity contribution in [1.29, 1.82) is 0 Å². The molecule has 1 N–H and O–H groups in total. The Morgan fingerprint density at radius 1 is 1.08 bits per heavy atom. The van der Waals surface area contributed by atoms with E-state index in [9.17, 15) is 4.79 Å². The van der Waals surface area contributed by atoms with Gasteiger partial charge in [-0.25, -0.2) is 0 Å². The molecule has 25 heavy (non-hydrogen) atoms. The van der Waals surface area contributed by atoms with Crippen molar-refractivity contribution >= 4 is 24.0 Å². The summed E-state index contributed by atoms with van der Waals surface area (Å²) in [6.45, 7) is 2.74. The first-order valence-electron chi connectivity index (χ1n) is 8.80. The number of anilines is 1. The molecule has 1 fully saturated rings. The molecule has 3 atom stereocenters. The van der Waals surface area contributed by atoms with Crippen LogP contribution in [0.1, 0.15) is 48.3 Å². The van der Waals surface area contributed by atoms with Gasteiger partial charge >= 0.3 is 0 Å². The van der Waals surface area contributed by atoms with Crippen molar-refractivity contribution in [2.45, 2.75) is 37.6 Å². The fraction of sp³-hybridized carbons (Fsp3) is 0.381. The zero-order valence-corrected chi connectivity index (χ0v) is 15.6. The largest absolute Gasteiger partial charge is 0.326 e. The lowest BCUT2D eigenvalue weighted by Gasteiger charge is -2.37. The van der Waals surface area contributed by atoms with Gasteiger partial charge in [0.15, 0.2) is 0 Å². The van der Waals surface area contributed by atoms with Crippen LogP contribution in [-0.4, -0.2) is 30.4 Å². The van der Waals surface area contributed by atoms with Crippen LogP contribution in [0.15, 0.2) is 48.5 Å². The third-order valence-corrected chi connectivity index (χ3v) is 5.70. The highest BCUT2D eigenvalue weighted by Gasteiger charge is 2.40. The van der Waals surface area contributed by atoms with Crippen LogP contribution in [0.25, 0.3) is 0 Å². The Kier molecular flexibility index (Phi) is 5.16. The predicted octanol–water partition coefficient (Wildman–Crippen LogP) is 4.39. The number of carbonyl (C=O) groups is 1. The Morgan fingerprint density at radius 2 is 1.76 bits per heavy atom. The molecule has 4 rings (SSSR count). The molecule has 132 valence electrons. The van der Waals surface area contributed by atoms with E-state index < -0.39 is 0 Å². The summed E-state index contributed by atoms with van der Waals surface area (Å²) < 4.78 is 0. The molecule has 2 aromatic carbocycles. The van der Waals surface area contributed by atoms with Crippen LogP contribution in [0.5, 0.6) is 0 Å². The molecule has 3 nitrogen and oxygen atoms in total. The SMILES string of the molecule is CC(=O)Nc1ccc(C2C[C@H]3C(CCN3C)c3ccccc32)cc1.Cl. The lowest BCUT2D eigenvalue weighted by molar-refractivity contribution is -0.114. The highest BCUT2D eigenvalue weighted by Crippen LogP contribution is 2.47. The normalized spacial score (nSPS) is 24.8. The first-order chi connectivity index (χ1) is 11.6. The minimum Gasteiger partial charge on any atom is -0.326 e.